The van der Waals surface area contributed by atoms with Crippen molar-refractivity contribution in [2.45, 2.75) is 741 Å². The van der Waals surface area contributed by atoms with Crippen LogP contribution in [0.3, 0.4) is 0 Å². The Hall–Kier alpha value is -0.160. The zero-order valence-corrected chi connectivity index (χ0v) is 88.4. The lowest BCUT2D eigenvalue weighted by molar-refractivity contribution is -0.929. The van der Waals surface area contributed by atoms with Crippen molar-refractivity contribution in [1.29, 1.82) is 0 Å². The average molecular weight is 1750 g/mol. The van der Waals surface area contributed by atoms with Crippen molar-refractivity contribution >= 4 is 0 Å². The molecule has 0 aliphatic carbocycles. The second-order valence-corrected chi connectivity index (χ2v) is 42.2. The largest absolute Gasteiger partial charge is 0.870 e. The van der Waals surface area contributed by atoms with Crippen molar-refractivity contribution < 1.29 is 21.2 Å². The van der Waals surface area contributed by atoms with Gasteiger partial charge in [-0.3, -0.25) is 0 Å². The van der Waals surface area contributed by atoms with Crippen LogP contribution < -0.4 is 5.73 Å². The second kappa shape index (κ2) is 125. The first kappa shape index (κ1) is 130. The van der Waals surface area contributed by atoms with Crippen molar-refractivity contribution in [2.75, 3.05) is 32.7 Å². The summed E-state index contributed by atoms with van der Waals surface area (Å²) in [5.74, 6) is 0. The molecule has 0 aliphatic heterocycles. The van der Waals surface area contributed by atoms with Crippen molar-refractivity contribution in [3.8, 4) is 0 Å². The minimum absolute atomic E-state index is 0. The first-order valence-corrected chi connectivity index (χ1v) is 60.3. The molecule has 124 heavy (non-hydrogen) atoms. The average Bonchev–Trinajstić information content (AvgIpc) is 0.868. The second-order valence-electron chi connectivity index (χ2n) is 42.2. The first-order chi connectivity index (χ1) is 60.7. The van der Waals surface area contributed by atoms with Crippen LogP contribution >= 0.6 is 0 Å². The van der Waals surface area contributed by atoms with Crippen molar-refractivity contribution in [3.05, 3.63) is 0 Å². The van der Waals surface area contributed by atoms with Crippen LogP contribution in [-0.2, 0) is 0 Å². The molecule has 0 aromatic heterocycles. The van der Waals surface area contributed by atoms with Gasteiger partial charge in [0.1, 0.15) is 0 Å². The van der Waals surface area contributed by atoms with Crippen LogP contribution in [-0.4, -0.2) is 48.2 Å². The quantitative estimate of drug-likeness (QED) is 0.0486. The Bertz CT molecular complexity index is 1510. The Balaban J connectivity index is -0.00000123. The highest BCUT2D eigenvalue weighted by Crippen LogP contribution is 2.26. The molecule has 0 spiro atoms. The maximum Gasteiger partial charge on any atom is 0.0786 e. The third-order valence-electron chi connectivity index (χ3n) is 29.5. The summed E-state index contributed by atoms with van der Waals surface area (Å²) < 4.78 is 1.49. The van der Waals surface area contributed by atoms with Crippen LogP contribution in [0.4, 0.5) is 0 Å². The van der Waals surface area contributed by atoms with Gasteiger partial charge >= 0.3 is 0 Å². The van der Waals surface area contributed by atoms with Gasteiger partial charge in [-0.1, -0.05) is 677 Å². The van der Waals surface area contributed by atoms with E-state index >= 15 is 0 Å². The molecule has 752 valence electrons. The van der Waals surface area contributed by atoms with Gasteiger partial charge in [-0.2, -0.15) is 0 Å². The predicted octanol–water partition coefficient (Wildman–Crippen LogP) is 43.7. The standard InChI is InChI=1S/C72H148N.C48H99N.2H2O/c1-5-9-13-17-21-25-29-33-37-41-45-49-53-57-61-65-69-73(70-66-62-58-54-50-46-42-38-34-30-26-22-18-14-10-6-2,71-67-63-59-55-51-47-43-39-35-31-27-23-19-15-11-7-3)72-68-64-60-56-52-48-44-40-36-32-28-24-20-16-12-8-4;1-2-3-4-5-6-7-8-9-10-11-12-13-14-15-16-17-18-19-20-21-22-23-24-25-26-27-28-29-30-31-32-33-34-35-36-37-38-39-40-41-42-43-44-45-46-47-48-49;;/h5-72H2,1-4H3;2-49H2,1H3;2*1H2/q+1;;;/p-1. The number of unbranched alkanes of at least 4 members (excludes halogenated alkanes) is 105. The fraction of sp³-hybridized carbons (Fsp3) is 1.00. The molecule has 0 unspecified atom stereocenters. The van der Waals surface area contributed by atoms with Crippen LogP contribution in [0.15, 0.2) is 0 Å². The third kappa shape index (κ3) is 120. The van der Waals surface area contributed by atoms with E-state index in [1.54, 1.807) is 0 Å². The Kier molecular flexibility index (Phi) is 131. The first-order valence-electron chi connectivity index (χ1n) is 60.3. The fourth-order valence-corrected chi connectivity index (χ4v) is 20.7. The monoisotopic (exact) mass is 1750 g/mol. The molecular weight excluding hydrogens is 1500 g/mol. The van der Waals surface area contributed by atoms with Gasteiger partial charge in [0.25, 0.3) is 0 Å². The van der Waals surface area contributed by atoms with Crippen LogP contribution in [0.1, 0.15) is 741 Å². The molecule has 0 fully saturated rings. The van der Waals surface area contributed by atoms with Crippen LogP contribution in [0.25, 0.3) is 0 Å². The Labute approximate surface area is 789 Å². The van der Waals surface area contributed by atoms with E-state index in [9.17, 15) is 0 Å². The van der Waals surface area contributed by atoms with Gasteiger partial charge in [-0.25, -0.2) is 0 Å². The summed E-state index contributed by atoms with van der Waals surface area (Å²) in [5.41, 5.74) is 3.94. The van der Waals surface area contributed by atoms with Crippen LogP contribution in [0.5, 0.6) is 0 Å². The summed E-state index contributed by atoms with van der Waals surface area (Å²) in [4.78, 5) is 0. The van der Waals surface area contributed by atoms with Gasteiger partial charge < -0.3 is 21.2 Å². The van der Waals surface area contributed by atoms with E-state index in [1.807, 2.05) is 0 Å². The predicted molar refractivity (Wildman–Crippen MR) is 568 cm³/mol. The zero-order chi connectivity index (χ0) is 87.8. The number of quaternary nitrogens is 2. The van der Waals surface area contributed by atoms with E-state index in [1.165, 1.54) is 737 Å². The summed E-state index contributed by atoms with van der Waals surface area (Å²) in [6.45, 7) is 18.7. The molecule has 4 nitrogen and oxygen atoms in total. The highest BCUT2D eigenvalue weighted by Gasteiger charge is 2.26. The molecule has 0 aliphatic rings. The number of hydrogen-bond donors (Lipinski definition) is 1. The van der Waals surface area contributed by atoms with Gasteiger partial charge in [0.2, 0.25) is 0 Å². The Morgan fingerprint density at radius 2 is 0.161 bits per heavy atom. The van der Waals surface area contributed by atoms with E-state index in [4.69, 9.17) is 0 Å². The van der Waals surface area contributed by atoms with E-state index in [0.717, 1.165) is 6.54 Å². The smallest absolute Gasteiger partial charge is 0.0786 e. The molecule has 0 aromatic carbocycles. The lowest BCUT2D eigenvalue weighted by Crippen LogP contribution is -2.50. The molecule has 0 amide bonds. The van der Waals surface area contributed by atoms with E-state index in [2.05, 4.69) is 40.4 Å². The fourth-order valence-electron chi connectivity index (χ4n) is 20.7. The molecule has 0 saturated heterocycles. The minimum atomic E-state index is 0. The molecule has 4 heteroatoms. The minimum Gasteiger partial charge on any atom is -0.870 e. The van der Waals surface area contributed by atoms with Crippen molar-refractivity contribution in [1.82, 2.24) is 0 Å². The van der Waals surface area contributed by atoms with Gasteiger partial charge in [0.15, 0.2) is 0 Å². The van der Waals surface area contributed by atoms with E-state index in [-0.39, 0.29) is 11.0 Å². The summed E-state index contributed by atoms with van der Waals surface area (Å²) in [6.07, 6.45) is 163. The lowest BCUT2D eigenvalue weighted by atomic mass is 10.0. The molecule has 0 saturated carbocycles. The lowest BCUT2D eigenvalue weighted by Gasteiger charge is -2.40. The van der Waals surface area contributed by atoms with Crippen LogP contribution in [0.2, 0.25) is 0 Å². The van der Waals surface area contributed by atoms with E-state index in [0.29, 0.717) is 0 Å². The number of hydrogen-bond acceptors (Lipinski definition) is 2. The van der Waals surface area contributed by atoms with Gasteiger partial charge in [-0.05, 0) is 64.2 Å². The molecule has 0 rings (SSSR count). The maximum absolute atomic E-state index is 3.94. The van der Waals surface area contributed by atoms with E-state index < -0.39 is 0 Å². The molecule has 0 radical (unpaired) electrons. The molecule has 5 N–H and O–H groups in total. The molecule has 0 atom stereocenters. The summed E-state index contributed by atoms with van der Waals surface area (Å²) in [7, 11) is 0. The Morgan fingerprint density at radius 3 is 0.234 bits per heavy atom. The third-order valence-corrected chi connectivity index (χ3v) is 29.5. The normalized spacial score (nSPS) is 11.7. The molecule has 0 bridgehead atoms. The molecule has 0 heterocycles. The molecular formula is C120H250N2O2. The highest BCUT2D eigenvalue weighted by atomic mass is 16.0. The SMILES string of the molecule is CCCCCCCCCCCCCCCCCCCCCCCCCCCCCCCCCCCCCCCCCCCCCCCC[NH3+].CCCCCCCCCCCCCCCCCC[N+](CCCCCCCCCCCCCCCCCC)(CCCCCCCCCCCCCCCCCC)CCCCCCCCCCCCCCCCCC.[OH-].[OH-]. The highest BCUT2D eigenvalue weighted by molar-refractivity contribution is 4.62. The maximum atomic E-state index is 3.94. The summed E-state index contributed by atoms with van der Waals surface area (Å²) >= 11 is 0. The number of nitrogens with zero attached hydrogens (tertiary/aromatic N) is 1. The van der Waals surface area contributed by atoms with Crippen molar-refractivity contribution in [3.63, 3.8) is 0 Å². The topological polar surface area (TPSA) is 87.6 Å². The van der Waals surface area contributed by atoms with Crippen LogP contribution in [0, 0.1) is 0 Å². The van der Waals surface area contributed by atoms with Crippen molar-refractivity contribution in [2.24, 2.45) is 0 Å². The molecule has 0 aromatic rings. The van der Waals surface area contributed by atoms with Gasteiger partial charge in [0.05, 0.1) is 32.7 Å². The number of rotatable bonds is 114. The van der Waals surface area contributed by atoms with Gasteiger partial charge in [0, 0.05) is 0 Å². The Morgan fingerprint density at radius 1 is 0.0968 bits per heavy atom. The summed E-state index contributed by atoms with van der Waals surface area (Å²) in [5, 5.41) is 0. The van der Waals surface area contributed by atoms with Gasteiger partial charge in [-0.15, -0.1) is 0 Å². The zero-order valence-electron chi connectivity index (χ0n) is 88.4. The summed E-state index contributed by atoms with van der Waals surface area (Å²) in [6, 6.07) is 0.